The number of nitrogens with zero attached hydrogens (tertiary/aromatic N) is 3. The molecule has 32 heavy (non-hydrogen) atoms. The number of hydrogen-bond acceptors (Lipinski definition) is 5. The van der Waals surface area contributed by atoms with Gasteiger partial charge >= 0.3 is 0 Å². The van der Waals surface area contributed by atoms with Crippen molar-refractivity contribution in [3.63, 3.8) is 0 Å². The predicted octanol–water partition coefficient (Wildman–Crippen LogP) is 2.82. The van der Waals surface area contributed by atoms with Crippen molar-refractivity contribution in [2.75, 3.05) is 18.8 Å². The molecule has 0 bridgehead atoms. The van der Waals surface area contributed by atoms with E-state index in [-0.39, 0.29) is 35.1 Å². The van der Waals surface area contributed by atoms with Gasteiger partial charge < -0.3 is 10.6 Å². The molecule has 3 aromatic rings. The minimum absolute atomic E-state index is 0.0285. The number of carbonyl (C=O) groups excluding carboxylic acids is 2. The molecule has 4 rings (SSSR count). The topological polar surface area (TPSA) is 98.3 Å². The molecule has 166 valence electrons. The Hall–Kier alpha value is -3.13. The van der Waals surface area contributed by atoms with Crippen LogP contribution in [0.4, 0.5) is 0 Å². The molecule has 7 nitrogen and oxygen atoms in total. The number of rotatable bonds is 6. The van der Waals surface area contributed by atoms with Crippen molar-refractivity contribution >= 4 is 34.5 Å². The van der Waals surface area contributed by atoms with E-state index in [1.54, 1.807) is 15.5 Å². The van der Waals surface area contributed by atoms with Gasteiger partial charge in [-0.15, -0.1) is 0 Å². The second-order valence-electron chi connectivity index (χ2n) is 8.02. The third-order valence-electron chi connectivity index (χ3n) is 6.02. The summed E-state index contributed by atoms with van der Waals surface area (Å²) >= 11 is 1.28. The maximum Gasteiger partial charge on any atom is 0.262 e. The Morgan fingerprint density at radius 3 is 2.44 bits per heavy atom. The number of fused-ring (bicyclic) bond motifs is 1. The number of amides is 2. The molecule has 0 radical (unpaired) electrons. The van der Waals surface area contributed by atoms with Gasteiger partial charge in [-0.05, 0) is 37.5 Å². The average Bonchev–Trinajstić information content (AvgIpc) is 2.83. The number of para-hydroxylation sites is 1. The highest BCUT2D eigenvalue weighted by atomic mass is 32.2. The summed E-state index contributed by atoms with van der Waals surface area (Å²) in [7, 11) is 0. The van der Waals surface area contributed by atoms with Crippen molar-refractivity contribution in [1.29, 1.82) is 0 Å². The fourth-order valence-electron chi connectivity index (χ4n) is 4.08. The van der Waals surface area contributed by atoms with Gasteiger partial charge in [0.2, 0.25) is 11.8 Å². The number of primary amides is 1. The lowest BCUT2D eigenvalue weighted by atomic mass is 9.96. The summed E-state index contributed by atoms with van der Waals surface area (Å²) in [6.45, 7) is 3.00. The molecule has 0 saturated carbocycles. The molecule has 2 N–H and O–H groups in total. The van der Waals surface area contributed by atoms with Crippen molar-refractivity contribution < 1.29 is 9.59 Å². The summed E-state index contributed by atoms with van der Waals surface area (Å²) in [5.41, 5.74) is 6.88. The first-order valence-electron chi connectivity index (χ1n) is 10.7. The highest BCUT2D eigenvalue weighted by molar-refractivity contribution is 7.99. The first-order valence-corrected chi connectivity index (χ1v) is 11.7. The number of piperidine rings is 1. The largest absolute Gasteiger partial charge is 0.369 e. The number of carbonyl (C=O) groups is 2. The van der Waals surface area contributed by atoms with Gasteiger partial charge in [-0.1, -0.05) is 54.2 Å². The molecule has 1 atom stereocenters. The SMILES string of the molecule is CC(c1ccccc1)n1c(SCC(=O)N2CCC(C(N)=O)CC2)nc2ccccc2c1=O. The molecule has 1 fully saturated rings. The summed E-state index contributed by atoms with van der Waals surface area (Å²) in [4.78, 5) is 44.1. The van der Waals surface area contributed by atoms with Crippen LogP contribution in [0, 0.1) is 5.92 Å². The van der Waals surface area contributed by atoms with E-state index in [2.05, 4.69) is 0 Å². The molecule has 0 aliphatic carbocycles. The first-order chi connectivity index (χ1) is 15.5. The molecule has 2 aromatic carbocycles. The quantitative estimate of drug-likeness (QED) is 0.460. The zero-order valence-electron chi connectivity index (χ0n) is 17.9. The van der Waals surface area contributed by atoms with Crippen LogP contribution < -0.4 is 11.3 Å². The molecule has 1 aromatic heterocycles. The van der Waals surface area contributed by atoms with E-state index in [4.69, 9.17) is 10.7 Å². The number of likely N-dealkylation sites (tertiary alicyclic amines) is 1. The van der Waals surface area contributed by atoms with E-state index in [0.717, 1.165) is 5.56 Å². The minimum atomic E-state index is -0.300. The third kappa shape index (κ3) is 4.55. The van der Waals surface area contributed by atoms with Crippen LogP contribution >= 0.6 is 11.8 Å². The Morgan fingerprint density at radius 1 is 1.09 bits per heavy atom. The Morgan fingerprint density at radius 2 is 1.75 bits per heavy atom. The van der Waals surface area contributed by atoms with Crippen LogP contribution in [-0.4, -0.2) is 45.1 Å². The van der Waals surface area contributed by atoms with Crippen molar-refractivity contribution in [2.24, 2.45) is 11.7 Å². The van der Waals surface area contributed by atoms with Gasteiger partial charge in [0.05, 0.1) is 22.7 Å². The highest BCUT2D eigenvalue weighted by Gasteiger charge is 2.26. The summed E-state index contributed by atoms with van der Waals surface area (Å²) in [6.07, 6.45) is 1.19. The van der Waals surface area contributed by atoms with Crippen LogP contribution in [0.1, 0.15) is 31.4 Å². The van der Waals surface area contributed by atoms with Crippen LogP contribution in [0.2, 0.25) is 0 Å². The number of aromatic nitrogens is 2. The van der Waals surface area contributed by atoms with Crippen molar-refractivity contribution in [3.8, 4) is 0 Å². The fraction of sp³-hybridized carbons (Fsp3) is 0.333. The van der Waals surface area contributed by atoms with Gasteiger partial charge in [-0.2, -0.15) is 0 Å². The molecular formula is C24H26N4O3S. The van der Waals surface area contributed by atoms with Crippen molar-refractivity contribution in [2.45, 2.75) is 31.0 Å². The monoisotopic (exact) mass is 450 g/mol. The maximum absolute atomic E-state index is 13.4. The number of nitrogens with two attached hydrogens (primary N) is 1. The van der Waals surface area contributed by atoms with Gasteiger partial charge in [-0.3, -0.25) is 19.0 Å². The van der Waals surface area contributed by atoms with Crippen LogP contribution in [0.3, 0.4) is 0 Å². The normalized spacial score (nSPS) is 15.6. The van der Waals surface area contributed by atoms with Crippen LogP contribution in [-0.2, 0) is 9.59 Å². The lowest BCUT2D eigenvalue weighted by Crippen LogP contribution is -2.42. The van der Waals surface area contributed by atoms with Crippen molar-refractivity contribution in [3.05, 3.63) is 70.5 Å². The lowest BCUT2D eigenvalue weighted by molar-refractivity contribution is -0.132. The van der Waals surface area contributed by atoms with Gasteiger partial charge in [0.15, 0.2) is 5.16 Å². The second kappa shape index (κ2) is 9.56. The van der Waals surface area contributed by atoms with Gasteiger partial charge in [0, 0.05) is 19.0 Å². The van der Waals surface area contributed by atoms with E-state index in [0.29, 0.717) is 42.0 Å². The van der Waals surface area contributed by atoms with Crippen LogP contribution in [0.25, 0.3) is 10.9 Å². The van der Waals surface area contributed by atoms with Crippen LogP contribution in [0.15, 0.2) is 64.5 Å². The Labute approximate surface area is 190 Å². The van der Waals surface area contributed by atoms with Crippen LogP contribution in [0.5, 0.6) is 0 Å². The Bertz CT molecular complexity index is 1190. The van der Waals surface area contributed by atoms with E-state index in [1.165, 1.54) is 11.8 Å². The fourth-order valence-corrected chi connectivity index (χ4v) is 5.06. The first kappa shape index (κ1) is 22.1. The van der Waals surface area contributed by atoms with E-state index in [1.807, 2.05) is 55.5 Å². The average molecular weight is 451 g/mol. The zero-order chi connectivity index (χ0) is 22.7. The number of thioether (sulfide) groups is 1. The van der Waals surface area contributed by atoms with E-state index >= 15 is 0 Å². The third-order valence-corrected chi connectivity index (χ3v) is 6.96. The summed E-state index contributed by atoms with van der Waals surface area (Å²) in [5, 5.41) is 1.07. The molecule has 1 saturated heterocycles. The summed E-state index contributed by atoms with van der Waals surface area (Å²) in [6, 6.07) is 16.8. The highest BCUT2D eigenvalue weighted by Crippen LogP contribution is 2.26. The smallest absolute Gasteiger partial charge is 0.262 e. The predicted molar refractivity (Wildman–Crippen MR) is 125 cm³/mol. The second-order valence-corrected chi connectivity index (χ2v) is 8.96. The Kier molecular flexibility index (Phi) is 6.60. The number of benzene rings is 2. The summed E-state index contributed by atoms with van der Waals surface area (Å²) in [5.74, 6) is -0.316. The van der Waals surface area contributed by atoms with E-state index < -0.39 is 0 Å². The molecule has 2 heterocycles. The van der Waals surface area contributed by atoms with Crippen molar-refractivity contribution in [1.82, 2.24) is 14.5 Å². The minimum Gasteiger partial charge on any atom is -0.369 e. The van der Waals surface area contributed by atoms with Gasteiger partial charge in [0.25, 0.3) is 5.56 Å². The summed E-state index contributed by atoms with van der Waals surface area (Å²) < 4.78 is 1.68. The molecule has 0 spiro atoms. The van der Waals surface area contributed by atoms with Gasteiger partial charge in [-0.25, -0.2) is 4.98 Å². The molecule has 8 heteroatoms. The molecule has 2 amide bonds. The number of hydrogen-bond donors (Lipinski definition) is 1. The standard InChI is InChI=1S/C24H26N4O3S/c1-16(17-7-3-2-4-8-17)28-23(31)19-9-5-6-10-20(19)26-24(28)32-15-21(29)27-13-11-18(12-14-27)22(25)30/h2-10,16,18H,11-15H2,1H3,(H2,25,30). The molecule has 1 aliphatic heterocycles. The molecular weight excluding hydrogens is 424 g/mol. The van der Waals surface area contributed by atoms with Gasteiger partial charge in [0.1, 0.15) is 0 Å². The molecule has 1 aliphatic rings. The lowest BCUT2D eigenvalue weighted by Gasteiger charge is -2.30. The zero-order valence-corrected chi connectivity index (χ0v) is 18.8. The van der Waals surface area contributed by atoms with E-state index in [9.17, 15) is 14.4 Å². The Balaban J connectivity index is 1.60. The maximum atomic E-state index is 13.4. The molecule has 1 unspecified atom stereocenters.